The summed E-state index contributed by atoms with van der Waals surface area (Å²) in [4.78, 5) is 0. The van der Waals surface area contributed by atoms with Crippen molar-refractivity contribution in [3.05, 3.63) is 24.5 Å². The van der Waals surface area contributed by atoms with E-state index in [-0.39, 0.29) is 5.41 Å². The first-order valence-electron chi connectivity index (χ1n) is 21.8. The lowest BCUT2D eigenvalue weighted by molar-refractivity contribution is -0.253. The van der Waals surface area contributed by atoms with Crippen molar-refractivity contribution in [2.45, 2.75) is 216 Å². The van der Waals surface area contributed by atoms with Crippen molar-refractivity contribution in [3.63, 3.8) is 0 Å². The first kappa shape index (κ1) is 38.5. The molecule has 0 aromatic carbocycles. The monoisotopic (exact) mass is 663 g/mol. The van der Waals surface area contributed by atoms with Crippen LogP contribution in [0.25, 0.3) is 0 Å². The number of rotatable bonds is 16. The van der Waals surface area contributed by atoms with Crippen molar-refractivity contribution in [2.24, 2.45) is 56.7 Å². The summed E-state index contributed by atoms with van der Waals surface area (Å²) in [6, 6.07) is 0. The smallest absolute Gasteiger partial charge is 0.104 e. The standard InChI is InChI=1S/C47H82O/c1-11-12-13-14-15-16-17-18-19-20-21-22-23-24-36(3)48-41-29-31-45(8)39(43(41,5)6)28-32-47(10)40(45)26-25-38-42-37(4)35(2)27-30-44(42,7)33-34-46(38,47)9/h37-42H,2-3,11-34H2,1,4-10H3/t37-,38-,39+,40-,41+,42-,44-,45+,46-,47-/m1/s1. The molecule has 5 rings (SSSR count). The molecule has 0 amide bonds. The molecule has 0 heterocycles. The predicted octanol–water partition coefficient (Wildman–Crippen LogP) is 15.0. The Bertz CT molecular complexity index is 1080. The number of hydrogen-bond acceptors (Lipinski definition) is 1. The van der Waals surface area contributed by atoms with Gasteiger partial charge in [-0.1, -0.05) is 151 Å². The van der Waals surface area contributed by atoms with Crippen LogP contribution in [0.15, 0.2) is 24.5 Å². The highest BCUT2D eigenvalue weighted by atomic mass is 16.5. The molecule has 5 fully saturated rings. The molecule has 1 heteroatoms. The average Bonchev–Trinajstić information content (AvgIpc) is 3.03. The molecule has 0 aromatic rings. The normalized spacial score (nSPS) is 41.9. The quantitative estimate of drug-likeness (QED) is 0.0908. The van der Waals surface area contributed by atoms with E-state index in [0.29, 0.717) is 33.7 Å². The number of fused-ring (bicyclic) bond motifs is 7. The zero-order valence-corrected chi connectivity index (χ0v) is 33.8. The minimum Gasteiger partial charge on any atom is -0.495 e. The van der Waals surface area contributed by atoms with Crippen LogP contribution >= 0.6 is 0 Å². The Balaban J connectivity index is 1.11. The van der Waals surface area contributed by atoms with Crippen LogP contribution in [0.2, 0.25) is 0 Å². The topological polar surface area (TPSA) is 9.23 Å². The number of hydrogen-bond donors (Lipinski definition) is 0. The summed E-state index contributed by atoms with van der Waals surface area (Å²) >= 11 is 0. The van der Waals surface area contributed by atoms with Gasteiger partial charge in [0, 0.05) is 11.8 Å². The minimum absolute atomic E-state index is 0.200. The zero-order chi connectivity index (χ0) is 34.8. The summed E-state index contributed by atoms with van der Waals surface area (Å²) in [5, 5.41) is 0. The van der Waals surface area contributed by atoms with Gasteiger partial charge in [0.1, 0.15) is 6.10 Å². The second-order valence-corrected chi connectivity index (χ2v) is 20.3. The molecular weight excluding hydrogens is 581 g/mol. The molecule has 10 atom stereocenters. The third-order valence-corrected chi connectivity index (χ3v) is 17.4. The van der Waals surface area contributed by atoms with Crippen molar-refractivity contribution in [2.75, 3.05) is 0 Å². The van der Waals surface area contributed by atoms with Crippen LogP contribution in [0, 0.1) is 56.7 Å². The van der Waals surface area contributed by atoms with E-state index in [1.165, 1.54) is 148 Å². The molecule has 5 aliphatic rings. The Kier molecular flexibility index (Phi) is 12.4. The van der Waals surface area contributed by atoms with E-state index in [4.69, 9.17) is 4.74 Å². The highest BCUT2D eigenvalue weighted by Gasteiger charge is 2.70. The highest BCUT2D eigenvalue weighted by Crippen LogP contribution is 2.77. The van der Waals surface area contributed by atoms with Gasteiger partial charge in [-0.25, -0.2) is 0 Å². The maximum Gasteiger partial charge on any atom is 0.104 e. The molecule has 0 aliphatic heterocycles. The van der Waals surface area contributed by atoms with Gasteiger partial charge in [0.2, 0.25) is 0 Å². The van der Waals surface area contributed by atoms with Crippen molar-refractivity contribution in [1.82, 2.24) is 0 Å². The van der Waals surface area contributed by atoms with Crippen molar-refractivity contribution in [3.8, 4) is 0 Å². The van der Waals surface area contributed by atoms with Crippen molar-refractivity contribution >= 4 is 0 Å². The first-order chi connectivity index (χ1) is 22.7. The SMILES string of the molecule is C=C(CCCCCCCCCCCCCCC)O[C@H]1CC[C@]2(C)[C@H]3CC[C@@H]4[C@H]5[C@H](C)C(=C)CC[C@]5(C)CC[C@@]4(C)[C@]3(C)CC[C@H]2C1(C)C. The summed E-state index contributed by atoms with van der Waals surface area (Å²) in [6.45, 7) is 30.1. The second kappa shape index (κ2) is 15.5. The average molecular weight is 663 g/mol. The summed E-state index contributed by atoms with van der Waals surface area (Å²) in [6.07, 6.45) is 33.4. The van der Waals surface area contributed by atoms with E-state index in [2.05, 4.69) is 68.5 Å². The lowest BCUT2D eigenvalue weighted by Crippen LogP contribution is -2.67. The molecular formula is C47H82O. The predicted molar refractivity (Wildman–Crippen MR) is 209 cm³/mol. The molecule has 276 valence electrons. The third kappa shape index (κ3) is 7.17. The lowest BCUT2D eigenvalue weighted by Gasteiger charge is -2.73. The van der Waals surface area contributed by atoms with Crippen LogP contribution in [0.4, 0.5) is 0 Å². The summed E-state index contributed by atoms with van der Waals surface area (Å²) in [5.41, 5.74) is 3.61. The Morgan fingerprint density at radius 1 is 0.667 bits per heavy atom. The fourth-order valence-electron chi connectivity index (χ4n) is 14.2. The maximum absolute atomic E-state index is 6.86. The van der Waals surface area contributed by atoms with Crippen LogP contribution in [0.5, 0.6) is 0 Å². The molecule has 5 aliphatic carbocycles. The number of ether oxygens (including phenoxy) is 1. The van der Waals surface area contributed by atoms with Gasteiger partial charge < -0.3 is 4.74 Å². The van der Waals surface area contributed by atoms with Gasteiger partial charge in [-0.05, 0) is 122 Å². The van der Waals surface area contributed by atoms with Crippen molar-refractivity contribution < 1.29 is 4.74 Å². The van der Waals surface area contributed by atoms with Crippen LogP contribution in [0.1, 0.15) is 209 Å². The largest absolute Gasteiger partial charge is 0.495 e. The van der Waals surface area contributed by atoms with Crippen molar-refractivity contribution in [1.29, 1.82) is 0 Å². The molecule has 48 heavy (non-hydrogen) atoms. The van der Waals surface area contributed by atoms with Gasteiger partial charge in [-0.3, -0.25) is 0 Å². The Hall–Kier alpha value is -0.720. The molecule has 0 bridgehead atoms. The minimum atomic E-state index is 0.200. The van der Waals surface area contributed by atoms with E-state index < -0.39 is 0 Å². The molecule has 0 N–H and O–H groups in total. The molecule has 0 spiro atoms. The van der Waals surface area contributed by atoms with E-state index in [0.717, 1.165) is 35.9 Å². The molecule has 1 nitrogen and oxygen atoms in total. The van der Waals surface area contributed by atoms with Gasteiger partial charge in [0.25, 0.3) is 0 Å². The molecule has 0 aromatic heterocycles. The summed E-state index contributed by atoms with van der Waals surface area (Å²) in [5.74, 6) is 5.05. The summed E-state index contributed by atoms with van der Waals surface area (Å²) < 4.78 is 6.86. The maximum atomic E-state index is 6.86. The fraction of sp³-hybridized carbons (Fsp3) is 0.915. The van der Waals surface area contributed by atoms with E-state index >= 15 is 0 Å². The van der Waals surface area contributed by atoms with Gasteiger partial charge in [0.05, 0.1) is 5.76 Å². The molecule has 0 unspecified atom stereocenters. The molecule has 0 radical (unpaired) electrons. The number of allylic oxidation sites excluding steroid dienone is 2. The lowest BCUT2D eigenvalue weighted by atomic mass is 9.31. The van der Waals surface area contributed by atoms with Gasteiger partial charge in [-0.2, -0.15) is 0 Å². The highest BCUT2D eigenvalue weighted by molar-refractivity contribution is 5.21. The van der Waals surface area contributed by atoms with E-state index in [9.17, 15) is 0 Å². The zero-order valence-electron chi connectivity index (χ0n) is 33.8. The van der Waals surface area contributed by atoms with E-state index in [1.54, 1.807) is 5.57 Å². The first-order valence-corrected chi connectivity index (χ1v) is 21.8. The van der Waals surface area contributed by atoms with Gasteiger partial charge in [0.15, 0.2) is 0 Å². The Morgan fingerprint density at radius 2 is 1.27 bits per heavy atom. The van der Waals surface area contributed by atoms with Gasteiger partial charge in [-0.15, -0.1) is 0 Å². The van der Waals surface area contributed by atoms with Gasteiger partial charge >= 0.3 is 0 Å². The van der Waals surface area contributed by atoms with Crippen LogP contribution in [-0.4, -0.2) is 6.10 Å². The third-order valence-electron chi connectivity index (χ3n) is 17.4. The van der Waals surface area contributed by atoms with Crippen LogP contribution in [0.3, 0.4) is 0 Å². The Morgan fingerprint density at radius 3 is 1.90 bits per heavy atom. The Labute approximate surface area is 300 Å². The molecule has 5 saturated carbocycles. The summed E-state index contributed by atoms with van der Waals surface area (Å²) in [7, 11) is 0. The fourth-order valence-corrected chi connectivity index (χ4v) is 14.2. The number of unbranched alkanes of at least 4 members (excludes halogenated alkanes) is 12. The molecule has 0 saturated heterocycles. The van der Waals surface area contributed by atoms with Crippen LogP contribution in [-0.2, 0) is 4.74 Å². The van der Waals surface area contributed by atoms with E-state index in [1.807, 2.05) is 0 Å². The second-order valence-electron chi connectivity index (χ2n) is 20.3. The van der Waals surface area contributed by atoms with Crippen LogP contribution < -0.4 is 0 Å².